The monoisotopic (exact) mass is 311 g/mol. The summed E-state index contributed by atoms with van der Waals surface area (Å²) in [6.07, 6.45) is 0. The van der Waals surface area contributed by atoms with E-state index in [4.69, 9.17) is 0 Å². The summed E-state index contributed by atoms with van der Waals surface area (Å²) in [6.45, 7) is 13.7. The third-order valence-corrected chi connectivity index (χ3v) is 5.18. The van der Waals surface area contributed by atoms with E-state index in [2.05, 4.69) is 88.9 Å². The van der Waals surface area contributed by atoms with Crippen molar-refractivity contribution in [1.82, 2.24) is 0 Å². The first-order valence-corrected chi connectivity index (χ1v) is 8.71. The Morgan fingerprint density at radius 3 is 2.05 bits per heavy atom. The van der Waals surface area contributed by atoms with Crippen molar-refractivity contribution >= 4 is 23.1 Å². The number of hydrogen-bond acceptors (Lipinski definition) is 2. The molecule has 2 aromatic rings. The Labute approximate surface area is 138 Å². The van der Waals surface area contributed by atoms with Gasteiger partial charge in [0.2, 0.25) is 0 Å². The topological polar surface area (TPSA) is 3.24 Å². The van der Waals surface area contributed by atoms with E-state index in [1.54, 1.807) is 0 Å². The smallest absolute Gasteiger partial charge is 0.0558 e. The number of anilines is 2. The molecule has 0 aliphatic carbocycles. The molecular weight excluding hydrogens is 286 g/mol. The number of rotatable bonds is 0. The second-order valence-electron chi connectivity index (χ2n) is 8.01. The van der Waals surface area contributed by atoms with E-state index in [0.29, 0.717) is 0 Å². The molecule has 1 nitrogen and oxygen atoms in total. The summed E-state index contributed by atoms with van der Waals surface area (Å²) in [7, 11) is 0. The van der Waals surface area contributed by atoms with Crippen LogP contribution in [0, 0.1) is 0 Å². The second kappa shape index (κ2) is 5.06. The summed E-state index contributed by atoms with van der Waals surface area (Å²) < 4.78 is 0. The average molecular weight is 311 g/mol. The Kier molecular flexibility index (Phi) is 3.56. The highest BCUT2D eigenvalue weighted by molar-refractivity contribution is 7.99. The number of fused-ring (bicyclic) bond motifs is 2. The molecule has 1 aliphatic heterocycles. The van der Waals surface area contributed by atoms with Crippen molar-refractivity contribution in [1.29, 1.82) is 0 Å². The molecule has 3 rings (SSSR count). The molecule has 0 saturated carbocycles. The number of nitrogens with zero attached hydrogens (tertiary/aromatic N) is 1. The zero-order chi connectivity index (χ0) is 16.1. The first kappa shape index (κ1) is 15.5. The van der Waals surface area contributed by atoms with Crippen LogP contribution in [0.25, 0.3) is 0 Å². The van der Waals surface area contributed by atoms with Gasteiger partial charge in [-0.2, -0.15) is 0 Å². The van der Waals surface area contributed by atoms with E-state index in [-0.39, 0.29) is 11.0 Å². The van der Waals surface area contributed by atoms with Crippen LogP contribution in [-0.2, 0) is 5.41 Å². The number of benzene rings is 2. The van der Waals surface area contributed by atoms with Gasteiger partial charge in [0.15, 0.2) is 0 Å². The average Bonchev–Trinajstić information content (AvgIpc) is 2.41. The van der Waals surface area contributed by atoms with E-state index in [1.807, 2.05) is 11.8 Å². The number of para-hydroxylation sites is 1. The molecule has 2 aromatic carbocycles. The Balaban J connectivity index is 2.19. The molecule has 0 N–H and O–H groups in total. The van der Waals surface area contributed by atoms with Gasteiger partial charge in [0, 0.05) is 15.3 Å². The molecule has 0 saturated heterocycles. The predicted octanol–water partition coefficient (Wildman–Crippen LogP) is 6.39. The largest absolute Gasteiger partial charge is 0.334 e. The van der Waals surface area contributed by atoms with Crippen molar-refractivity contribution in [3.63, 3.8) is 0 Å². The Bertz CT molecular complexity index is 704. The SMILES string of the molecule is CC(C)(C)c1ccc2c(c1)Sc1ccccc1N2C(C)(C)C. The van der Waals surface area contributed by atoms with E-state index >= 15 is 0 Å². The van der Waals surface area contributed by atoms with Gasteiger partial charge < -0.3 is 4.90 Å². The van der Waals surface area contributed by atoms with Gasteiger partial charge in [-0.3, -0.25) is 0 Å². The van der Waals surface area contributed by atoms with Gasteiger partial charge in [-0.25, -0.2) is 0 Å². The summed E-state index contributed by atoms with van der Waals surface area (Å²) in [5.41, 5.74) is 4.26. The van der Waals surface area contributed by atoms with Gasteiger partial charge in [0.05, 0.1) is 11.4 Å². The normalized spacial score (nSPS) is 14.5. The van der Waals surface area contributed by atoms with Gasteiger partial charge in [0.1, 0.15) is 0 Å². The Morgan fingerprint density at radius 2 is 1.41 bits per heavy atom. The highest BCUT2D eigenvalue weighted by atomic mass is 32.2. The minimum atomic E-state index is 0.0507. The molecule has 116 valence electrons. The van der Waals surface area contributed by atoms with Crippen molar-refractivity contribution in [3.05, 3.63) is 48.0 Å². The zero-order valence-electron chi connectivity index (χ0n) is 14.4. The van der Waals surface area contributed by atoms with Crippen LogP contribution in [0.2, 0.25) is 0 Å². The van der Waals surface area contributed by atoms with Crippen LogP contribution in [0.3, 0.4) is 0 Å². The predicted molar refractivity (Wildman–Crippen MR) is 97.6 cm³/mol. The van der Waals surface area contributed by atoms with Crippen molar-refractivity contribution in [3.8, 4) is 0 Å². The first-order valence-electron chi connectivity index (χ1n) is 7.89. The first-order chi connectivity index (χ1) is 10.2. The maximum atomic E-state index is 2.47. The summed E-state index contributed by atoms with van der Waals surface area (Å²) in [5.74, 6) is 0. The highest BCUT2D eigenvalue weighted by Gasteiger charge is 2.31. The summed E-state index contributed by atoms with van der Waals surface area (Å²) >= 11 is 1.89. The third kappa shape index (κ3) is 2.65. The molecule has 22 heavy (non-hydrogen) atoms. The maximum Gasteiger partial charge on any atom is 0.0558 e. The van der Waals surface area contributed by atoms with Gasteiger partial charge in [0.25, 0.3) is 0 Å². The maximum absolute atomic E-state index is 2.47. The fourth-order valence-corrected chi connectivity index (χ4v) is 4.04. The van der Waals surface area contributed by atoms with E-state index in [1.165, 1.54) is 26.7 Å². The van der Waals surface area contributed by atoms with Gasteiger partial charge in [-0.05, 0) is 56.0 Å². The molecular formula is C20H25NS. The highest BCUT2D eigenvalue weighted by Crippen LogP contribution is 2.51. The van der Waals surface area contributed by atoms with Crippen LogP contribution < -0.4 is 4.90 Å². The van der Waals surface area contributed by atoms with Gasteiger partial charge in [-0.1, -0.05) is 50.7 Å². The molecule has 0 unspecified atom stereocenters. The third-order valence-electron chi connectivity index (χ3n) is 4.06. The van der Waals surface area contributed by atoms with Crippen LogP contribution in [0.1, 0.15) is 47.1 Å². The fourth-order valence-electron chi connectivity index (χ4n) is 2.95. The summed E-state index contributed by atoms with van der Waals surface area (Å²) in [5, 5.41) is 0. The molecule has 2 heteroatoms. The van der Waals surface area contributed by atoms with Crippen LogP contribution >= 0.6 is 11.8 Å². The van der Waals surface area contributed by atoms with Gasteiger partial charge in [-0.15, -0.1) is 0 Å². The van der Waals surface area contributed by atoms with Crippen LogP contribution in [-0.4, -0.2) is 5.54 Å². The molecule has 0 bridgehead atoms. The Hall–Kier alpha value is -1.41. The summed E-state index contributed by atoms with van der Waals surface area (Å²) in [4.78, 5) is 5.18. The Morgan fingerprint density at radius 1 is 0.773 bits per heavy atom. The van der Waals surface area contributed by atoms with Gasteiger partial charge >= 0.3 is 0 Å². The number of hydrogen-bond donors (Lipinski definition) is 0. The van der Waals surface area contributed by atoms with Crippen molar-refractivity contribution in [2.45, 2.75) is 62.3 Å². The van der Waals surface area contributed by atoms with Crippen LogP contribution in [0.15, 0.2) is 52.3 Å². The minimum absolute atomic E-state index is 0.0507. The van der Waals surface area contributed by atoms with Crippen molar-refractivity contribution in [2.24, 2.45) is 0 Å². The van der Waals surface area contributed by atoms with Crippen LogP contribution in [0.5, 0.6) is 0 Å². The quantitative estimate of drug-likeness (QED) is 0.555. The summed E-state index contributed by atoms with van der Waals surface area (Å²) in [6, 6.07) is 15.7. The molecule has 0 aromatic heterocycles. The second-order valence-corrected chi connectivity index (χ2v) is 9.09. The molecule has 1 heterocycles. The van der Waals surface area contributed by atoms with E-state index in [9.17, 15) is 0 Å². The molecule has 0 atom stereocenters. The van der Waals surface area contributed by atoms with Crippen LogP contribution in [0.4, 0.5) is 11.4 Å². The molecule has 0 fully saturated rings. The fraction of sp³-hybridized carbons (Fsp3) is 0.400. The van der Waals surface area contributed by atoms with Crippen molar-refractivity contribution in [2.75, 3.05) is 4.90 Å². The zero-order valence-corrected chi connectivity index (χ0v) is 15.2. The molecule has 1 aliphatic rings. The lowest BCUT2D eigenvalue weighted by molar-refractivity contribution is 0.552. The van der Waals surface area contributed by atoms with Crippen molar-refractivity contribution < 1.29 is 0 Å². The standard InChI is InChI=1S/C20H25NS/c1-19(2,3)14-11-12-16-18(13-14)22-17-10-8-7-9-15(17)21(16)20(4,5)6/h7-13H,1-6H3. The van der Waals surface area contributed by atoms with E-state index < -0.39 is 0 Å². The lowest BCUT2D eigenvalue weighted by Gasteiger charge is -2.42. The minimum Gasteiger partial charge on any atom is -0.334 e. The lowest BCUT2D eigenvalue weighted by Crippen LogP contribution is -2.39. The van der Waals surface area contributed by atoms with E-state index in [0.717, 1.165) is 0 Å². The molecule has 0 radical (unpaired) electrons. The molecule has 0 spiro atoms. The molecule has 0 amide bonds. The lowest BCUT2D eigenvalue weighted by atomic mass is 9.87.